The quantitative estimate of drug-likeness (QED) is 0.815. The summed E-state index contributed by atoms with van der Waals surface area (Å²) in [6, 6.07) is 15.9. The summed E-state index contributed by atoms with van der Waals surface area (Å²) in [6.07, 6.45) is 1.69. The Hall–Kier alpha value is -2.40. The van der Waals surface area contributed by atoms with Gasteiger partial charge in [0.2, 0.25) is 0 Å². The normalized spacial score (nSPS) is 25.0. The Morgan fingerprint density at radius 2 is 1.75 bits per heavy atom. The number of ether oxygens (including phenoxy) is 1. The molecule has 5 heteroatoms. The number of hydrogen-bond donors (Lipinski definition) is 1. The van der Waals surface area contributed by atoms with E-state index >= 15 is 0 Å². The zero-order valence-electron chi connectivity index (χ0n) is 15.9. The van der Waals surface area contributed by atoms with E-state index in [1.807, 2.05) is 48.5 Å². The topological polar surface area (TPSA) is 49.8 Å². The lowest BCUT2D eigenvalue weighted by atomic mass is 9.84. The summed E-state index contributed by atoms with van der Waals surface area (Å²) >= 11 is 0. The van der Waals surface area contributed by atoms with Gasteiger partial charge in [0.1, 0.15) is 12.3 Å². The van der Waals surface area contributed by atoms with Crippen molar-refractivity contribution in [3.8, 4) is 11.1 Å². The highest BCUT2D eigenvalue weighted by Crippen LogP contribution is 2.33. The Kier molecular flexibility index (Phi) is 5.62. The van der Waals surface area contributed by atoms with Gasteiger partial charge in [-0.25, -0.2) is 9.18 Å². The zero-order chi connectivity index (χ0) is 19.5. The van der Waals surface area contributed by atoms with E-state index in [0.29, 0.717) is 25.9 Å². The molecule has 1 unspecified atom stereocenters. The van der Waals surface area contributed by atoms with Gasteiger partial charge in [-0.2, -0.15) is 0 Å². The molecule has 148 valence electrons. The van der Waals surface area contributed by atoms with Crippen LogP contribution in [-0.2, 0) is 17.9 Å². The lowest BCUT2D eigenvalue weighted by molar-refractivity contribution is 0.0738. The fourth-order valence-electron chi connectivity index (χ4n) is 4.23. The molecule has 2 aromatic carbocycles. The van der Waals surface area contributed by atoms with Crippen LogP contribution in [0.5, 0.6) is 0 Å². The van der Waals surface area contributed by atoms with E-state index in [4.69, 9.17) is 4.74 Å². The average molecular weight is 383 g/mol. The highest BCUT2D eigenvalue weighted by atomic mass is 19.1. The Bertz CT molecular complexity index is 815. The molecule has 1 aliphatic carbocycles. The number of hydrogen-bond acceptors (Lipinski definition) is 3. The van der Waals surface area contributed by atoms with Crippen molar-refractivity contribution in [1.29, 1.82) is 0 Å². The number of aliphatic hydroxyl groups excluding tert-OH is 1. The molecule has 1 N–H and O–H groups in total. The Morgan fingerprint density at radius 1 is 1.00 bits per heavy atom. The fourth-order valence-corrected chi connectivity index (χ4v) is 4.23. The molecule has 1 saturated heterocycles. The first-order valence-corrected chi connectivity index (χ1v) is 10.0. The molecule has 4 nitrogen and oxygen atoms in total. The van der Waals surface area contributed by atoms with Crippen LogP contribution in [0.3, 0.4) is 0 Å². The molecule has 2 aliphatic rings. The van der Waals surface area contributed by atoms with Gasteiger partial charge in [-0.15, -0.1) is 0 Å². The van der Waals surface area contributed by atoms with Crippen molar-refractivity contribution in [3.63, 3.8) is 0 Å². The third-order valence-corrected chi connectivity index (χ3v) is 5.91. The lowest BCUT2D eigenvalue weighted by Gasteiger charge is -2.27. The van der Waals surface area contributed by atoms with E-state index < -0.39 is 6.17 Å². The highest BCUT2D eigenvalue weighted by molar-refractivity contribution is 5.70. The molecule has 1 saturated carbocycles. The van der Waals surface area contributed by atoms with Crippen LogP contribution in [0, 0.1) is 5.92 Å². The molecule has 0 radical (unpaired) electrons. The van der Waals surface area contributed by atoms with Gasteiger partial charge in [-0.05, 0) is 59.9 Å². The number of alkyl halides is 1. The maximum atomic E-state index is 13.4. The molecular formula is C23H26FNO3. The average Bonchev–Trinajstić information content (AvgIpc) is 3.09. The maximum Gasteiger partial charge on any atom is 0.410 e. The second-order valence-corrected chi connectivity index (χ2v) is 7.87. The summed E-state index contributed by atoms with van der Waals surface area (Å²) in [5.74, 6) is 0.280. The van der Waals surface area contributed by atoms with Crippen LogP contribution < -0.4 is 0 Å². The predicted octanol–water partition coefficient (Wildman–Crippen LogP) is 4.70. The summed E-state index contributed by atoms with van der Waals surface area (Å²) in [4.78, 5) is 14.0. The second-order valence-electron chi connectivity index (χ2n) is 7.87. The maximum absolute atomic E-state index is 13.4. The zero-order valence-corrected chi connectivity index (χ0v) is 15.9. The summed E-state index contributed by atoms with van der Waals surface area (Å²) in [7, 11) is 0. The first-order valence-electron chi connectivity index (χ1n) is 10.0. The minimum Gasteiger partial charge on any atom is -0.444 e. The van der Waals surface area contributed by atoms with Crippen molar-refractivity contribution in [2.45, 2.75) is 51.1 Å². The van der Waals surface area contributed by atoms with Crippen LogP contribution >= 0.6 is 0 Å². The van der Waals surface area contributed by atoms with Crippen LogP contribution in [0.15, 0.2) is 48.5 Å². The van der Waals surface area contributed by atoms with E-state index in [0.717, 1.165) is 35.1 Å². The van der Waals surface area contributed by atoms with E-state index in [-0.39, 0.29) is 24.7 Å². The minimum atomic E-state index is -0.693. The Balaban J connectivity index is 1.38. The molecule has 0 spiro atoms. The highest BCUT2D eigenvalue weighted by Gasteiger charge is 2.38. The van der Waals surface area contributed by atoms with Crippen LogP contribution in [0.2, 0.25) is 0 Å². The summed E-state index contributed by atoms with van der Waals surface area (Å²) in [6.45, 7) is 1.13. The number of carbonyl (C=O) groups is 1. The molecule has 0 bridgehead atoms. The SMILES string of the molecule is O=C1OC(C2CCC(F)CC2)CN1Cc1ccc(-c2cccc(CO)c2)cc1. The first-order chi connectivity index (χ1) is 13.6. The van der Waals surface area contributed by atoms with Gasteiger partial charge in [0.15, 0.2) is 0 Å². The van der Waals surface area contributed by atoms with Crippen molar-refractivity contribution < 1.29 is 19.0 Å². The fraction of sp³-hybridized carbons (Fsp3) is 0.435. The van der Waals surface area contributed by atoms with E-state index in [9.17, 15) is 14.3 Å². The minimum absolute atomic E-state index is 0.0249. The number of amides is 1. The predicted molar refractivity (Wildman–Crippen MR) is 105 cm³/mol. The second kappa shape index (κ2) is 8.31. The van der Waals surface area contributed by atoms with Crippen molar-refractivity contribution in [3.05, 3.63) is 59.7 Å². The van der Waals surface area contributed by atoms with Gasteiger partial charge in [-0.1, -0.05) is 42.5 Å². The van der Waals surface area contributed by atoms with E-state index in [1.54, 1.807) is 4.90 Å². The number of halogens is 1. The summed E-state index contributed by atoms with van der Waals surface area (Å²) in [5.41, 5.74) is 4.06. The molecule has 1 atom stereocenters. The molecule has 2 fully saturated rings. The molecule has 1 heterocycles. The van der Waals surface area contributed by atoms with Gasteiger partial charge in [0.25, 0.3) is 0 Å². The largest absolute Gasteiger partial charge is 0.444 e. The lowest BCUT2D eigenvalue weighted by Crippen LogP contribution is -2.30. The van der Waals surface area contributed by atoms with Crippen LogP contribution in [0.4, 0.5) is 9.18 Å². The van der Waals surface area contributed by atoms with Gasteiger partial charge >= 0.3 is 6.09 Å². The monoisotopic (exact) mass is 383 g/mol. The van der Waals surface area contributed by atoms with Gasteiger partial charge < -0.3 is 14.7 Å². The third kappa shape index (κ3) is 4.20. The molecule has 1 aliphatic heterocycles. The van der Waals surface area contributed by atoms with Crippen LogP contribution in [0.25, 0.3) is 11.1 Å². The van der Waals surface area contributed by atoms with Crippen molar-refractivity contribution in [1.82, 2.24) is 4.90 Å². The smallest absolute Gasteiger partial charge is 0.410 e. The number of cyclic esters (lactones) is 1. The first kappa shape index (κ1) is 18.9. The Morgan fingerprint density at radius 3 is 2.46 bits per heavy atom. The standard InChI is InChI=1S/C23H26FNO3/c24-21-10-8-19(9-11-21)22-14-25(23(27)28-22)13-16-4-6-18(7-5-16)20-3-1-2-17(12-20)15-26/h1-7,12,19,21-22,26H,8-11,13-15H2. The number of benzene rings is 2. The molecule has 1 amide bonds. The van der Waals surface area contributed by atoms with Crippen molar-refractivity contribution >= 4 is 6.09 Å². The molecule has 2 aromatic rings. The summed E-state index contributed by atoms with van der Waals surface area (Å²) < 4.78 is 18.9. The molecule has 0 aromatic heterocycles. The molecule has 28 heavy (non-hydrogen) atoms. The number of carbonyl (C=O) groups excluding carboxylic acids is 1. The van der Waals surface area contributed by atoms with Gasteiger partial charge in [-0.3, -0.25) is 0 Å². The third-order valence-electron chi connectivity index (χ3n) is 5.91. The number of nitrogens with zero attached hydrogens (tertiary/aromatic N) is 1. The van der Waals surface area contributed by atoms with Crippen LogP contribution in [-0.4, -0.2) is 34.9 Å². The number of rotatable bonds is 5. The van der Waals surface area contributed by atoms with E-state index in [2.05, 4.69) is 0 Å². The van der Waals surface area contributed by atoms with Gasteiger partial charge in [0.05, 0.1) is 13.2 Å². The van der Waals surface area contributed by atoms with Crippen LogP contribution in [0.1, 0.15) is 36.8 Å². The molecule has 4 rings (SSSR count). The Labute approximate surface area is 164 Å². The van der Waals surface area contributed by atoms with Crippen molar-refractivity contribution in [2.75, 3.05) is 6.54 Å². The number of aliphatic hydroxyl groups is 1. The summed E-state index contributed by atoms with van der Waals surface area (Å²) in [5, 5.41) is 9.30. The van der Waals surface area contributed by atoms with Gasteiger partial charge in [0, 0.05) is 6.54 Å². The molecular weight excluding hydrogens is 357 g/mol. The van der Waals surface area contributed by atoms with E-state index in [1.165, 1.54) is 0 Å². The van der Waals surface area contributed by atoms with Crippen molar-refractivity contribution in [2.24, 2.45) is 5.92 Å².